The lowest BCUT2D eigenvalue weighted by Crippen LogP contribution is -2.44. The molecule has 1 amide bonds. The smallest absolute Gasteiger partial charge is 0.331 e. The first-order valence-corrected chi connectivity index (χ1v) is 10.7. The first-order chi connectivity index (χ1) is 16.3. The summed E-state index contributed by atoms with van der Waals surface area (Å²) in [6.45, 7) is 1.63. The zero-order valence-electron chi connectivity index (χ0n) is 19.5. The molecule has 0 saturated carbocycles. The third-order valence-electron chi connectivity index (χ3n) is 4.88. The zero-order chi connectivity index (χ0) is 25.1. The van der Waals surface area contributed by atoms with Gasteiger partial charge in [0.25, 0.3) is 11.5 Å². The predicted octanol–water partition coefficient (Wildman–Crippen LogP) is 1.16. The maximum atomic E-state index is 12.9. The zero-order valence-corrected chi connectivity index (χ0v) is 19.5. The summed E-state index contributed by atoms with van der Waals surface area (Å²) in [6, 6.07) is 7.03. The Hall–Kier alpha value is -3.86. The normalized spacial score (nSPS) is 10.9. The molecule has 0 aliphatic carbocycles. The van der Waals surface area contributed by atoms with Gasteiger partial charge in [-0.1, -0.05) is 25.5 Å². The average Bonchev–Trinajstić information content (AvgIpc) is 2.83. The number of nitrogen functional groups attached to an aromatic ring is 1. The van der Waals surface area contributed by atoms with Gasteiger partial charge >= 0.3 is 11.7 Å². The molecule has 0 radical (unpaired) electrons. The van der Waals surface area contributed by atoms with Gasteiger partial charge in [0.1, 0.15) is 11.6 Å². The monoisotopic (exact) mass is 474 g/mol. The number of carbonyl (C=O) groups excluding carboxylic acids is 2. The molecule has 34 heavy (non-hydrogen) atoms. The summed E-state index contributed by atoms with van der Waals surface area (Å²) in [5.41, 5.74) is 5.14. The number of unbranched alkanes of at least 4 members (excludes halogenated alkanes) is 1. The number of carbonyl (C=O) groups is 2. The van der Waals surface area contributed by atoms with Gasteiger partial charge in [0, 0.05) is 26.3 Å². The van der Waals surface area contributed by atoms with Crippen LogP contribution < -0.4 is 26.6 Å². The minimum atomic E-state index is -0.816. The number of nitrogens with two attached hydrogens (primary N) is 1. The van der Waals surface area contributed by atoms with Crippen molar-refractivity contribution < 1.29 is 23.8 Å². The summed E-state index contributed by atoms with van der Waals surface area (Å²) >= 11 is 0. The molecule has 1 aromatic heterocycles. The molecule has 1 heterocycles. The van der Waals surface area contributed by atoms with Crippen molar-refractivity contribution in [3.05, 3.63) is 56.7 Å². The fourth-order valence-electron chi connectivity index (χ4n) is 3.09. The number of hydrogen-bond acceptors (Lipinski definition) is 8. The van der Waals surface area contributed by atoms with E-state index in [0.29, 0.717) is 17.7 Å². The summed E-state index contributed by atoms with van der Waals surface area (Å²) in [5, 5.41) is 0. The minimum absolute atomic E-state index is 0.0359. The first kappa shape index (κ1) is 26.4. The summed E-state index contributed by atoms with van der Waals surface area (Å²) in [4.78, 5) is 53.0. The molecule has 0 bridgehead atoms. The number of hydrogen-bond donors (Lipinski definition) is 2. The number of methoxy groups -OCH3 is 2. The maximum absolute atomic E-state index is 12.9. The van der Waals surface area contributed by atoms with E-state index >= 15 is 0 Å². The highest BCUT2D eigenvalue weighted by Gasteiger charge is 2.24. The standard InChI is InChI=1S/C23H30N4O7/c1-4-5-11-27-21(24)20(22(30)25-23(27)31)26(12-13-32-2)18(28)15-34-19(29)10-9-16-7-6-8-17(14-16)33-3/h6-10,14H,4-5,11-13,15,24H2,1-3H3,(H,25,30,31)/b10-9+. The largest absolute Gasteiger partial charge is 0.497 e. The van der Waals surface area contributed by atoms with Gasteiger partial charge in [-0.25, -0.2) is 9.59 Å². The van der Waals surface area contributed by atoms with E-state index < -0.39 is 29.7 Å². The van der Waals surface area contributed by atoms with Crippen molar-refractivity contribution in [2.24, 2.45) is 0 Å². The van der Waals surface area contributed by atoms with Crippen LogP contribution in [-0.4, -0.2) is 55.4 Å². The number of nitrogens with one attached hydrogen (secondary N) is 1. The molecule has 3 N–H and O–H groups in total. The van der Waals surface area contributed by atoms with E-state index in [0.717, 1.165) is 11.3 Å². The predicted molar refractivity (Wildman–Crippen MR) is 128 cm³/mol. The summed E-state index contributed by atoms with van der Waals surface area (Å²) in [7, 11) is 2.97. The summed E-state index contributed by atoms with van der Waals surface area (Å²) in [6.07, 6.45) is 4.14. The van der Waals surface area contributed by atoms with Gasteiger partial charge in [0.15, 0.2) is 12.3 Å². The SMILES string of the molecule is CCCCn1c(N)c(N(CCOC)C(=O)COC(=O)/C=C/c2cccc(OC)c2)c(=O)[nH]c1=O. The Bertz CT molecular complexity index is 1140. The average molecular weight is 475 g/mol. The topological polar surface area (TPSA) is 146 Å². The number of aromatic nitrogens is 2. The molecule has 1 aromatic carbocycles. The quantitative estimate of drug-likeness (QED) is 0.344. The fraction of sp³-hybridized carbons (Fsp3) is 0.391. The van der Waals surface area contributed by atoms with Crippen molar-refractivity contribution in [2.75, 3.05) is 44.6 Å². The van der Waals surface area contributed by atoms with Crippen LogP contribution in [0.4, 0.5) is 11.5 Å². The molecule has 0 spiro atoms. The van der Waals surface area contributed by atoms with Crippen LogP contribution >= 0.6 is 0 Å². The fourth-order valence-corrected chi connectivity index (χ4v) is 3.09. The number of benzene rings is 1. The molecular weight excluding hydrogens is 444 g/mol. The second kappa shape index (κ2) is 13.0. The van der Waals surface area contributed by atoms with Gasteiger partial charge < -0.3 is 19.9 Å². The lowest BCUT2D eigenvalue weighted by atomic mass is 10.2. The molecule has 0 unspecified atom stereocenters. The van der Waals surface area contributed by atoms with Crippen molar-refractivity contribution in [3.8, 4) is 5.75 Å². The van der Waals surface area contributed by atoms with Gasteiger partial charge in [0.05, 0.1) is 13.7 Å². The number of aromatic amines is 1. The van der Waals surface area contributed by atoms with Crippen molar-refractivity contribution in [1.29, 1.82) is 0 Å². The van der Waals surface area contributed by atoms with E-state index in [-0.39, 0.29) is 31.2 Å². The number of anilines is 2. The number of esters is 1. The van der Waals surface area contributed by atoms with Crippen LogP contribution in [0.15, 0.2) is 39.9 Å². The Balaban J connectivity index is 2.19. The molecule has 184 valence electrons. The van der Waals surface area contributed by atoms with Crippen molar-refractivity contribution in [3.63, 3.8) is 0 Å². The van der Waals surface area contributed by atoms with Crippen LogP contribution in [-0.2, 0) is 25.6 Å². The Morgan fingerprint density at radius 2 is 2.00 bits per heavy atom. The van der Waals surface area contributed by atoms with Crippen LogP contribution in [0.25, 0.3) is 6.08 Å². The summed E-state index contributed by atoms with van der Waals surface area (Å²) in [5.74, 6) is -0.964. The molecule has 2 aromatic rings. The van der Waals surface area contributed by atoms with Crippen LogP contribution in [0, 0.1) is 0 Å². The van der Waals surface area contributed by atoms with Gasteiger partial charge in [-0.3, -0.25) is 24.0 Å². The molecular formula is C23H30N4O7. The van der Waals surface area contributed by atoms with E-state index in [1.54, 1.807) is 24.3 Å². The van der Waals surface area contributed by atoms with Crippen molar-refractivity contribution >= 4 is 29.5 Å². The third-order valence-corrected chi connectivity index (χ3v) is 4.88. The third kappa shape index (κ3) is 7.07. The van der Waals surface area contributed by atoms with E-state index in [9.17, 15) is 19.2 Å². The molecule has 2 rings (SSSR count). The molecule has 0 aliphatic rings. The van der Waals surface area contributed by atoms with Crippen LogP contribution in [0.2, 0.25) is 0 Å². The molecule has 0 fully saturated rings. The first-order valence-electron chi connectivity index (χ1n) is 10.7. The van der Waals surface area contributed by atoms with E-state index in [1.807, 2.05) is 6.92 Å². The minimum Gasteiger partial charge on any atom is -0.497 e. The van der Waals surface area contributed by atoms with Crippen LogP contribution in [0.1, 0.15) is 25.3 Å². The van der Waals surface area contributed by atoms with Gasteiger partial charge in [-0.05, 0) is 30.2 Å². The molecule has 0 atom stereocenters. The van der Waals surface area contributed by atoms with E-state index in [2.05, 4.69) is 4.98 Å². The number of amides is 1. The number of rotatable bonds is 12. The molecule has 0 saturated heterocycles. The number of nitrogens with zero attached hydrogens (tertiary/aromatic N) is 2. The van der Waals surface area contributed by atoms with Gasteiger partial charge in [0.2, 0.25) is 0 Å². The lowest BCUT2D eigenvalue weighted by Gasteiger charge is -2.24. The number of ether oxygens (including phenoxy) is 3. The Labute approximate surface area is 196 Å². The number of H-pyrrole nitrogens is 1. The highest BCUT2D eigenvalue weighted by Crippen LogP contribution is 2.18. The highest BCUT2D eigenvalue weighted by molar-refractivity contribution is 5.98. The Kier molecular flexibility index (Phi) is 10.1. The van der Waals surface area contributed by atoms with Crippen molar-refractivity contribution in [1.82, 2.24) is 9.55 Å². The van der Waals surface area contributed by atoms with Crippen LogP contribution in [0.5, 0.6) is 5.75 Å². The van der Waals surface area contributed by atoms with E-state index in [4.69, 9.17) is 19.9 Å². The molecule has 11 heteroatoms. The van der Waals surface area contributed by atoms with Gasteiger partial charge in [-0.2, -0.15) is 0 Å². The second-order valence-electron chi connectivity index (χ2n) is 7.25. The Morgan fingerprint density at radius 1 is 1.24 bits per heavy atom. The second-order valence-corrected chi connectivity index (χ2v) is 7.25. The van der Waals surface area contributed by atoms with Gasteiger partial charge in [-0.15, -0.1) is 0 Å². The van der Waals surface area contributed by atoms with E-state index in [1.165, 1.54) is 30.9 Å². The Morgan fingerprint density at radius 3 is 2.68 bits per heavy atom. The summed E-state index contributed by atoms with van der Waals surface area (Å²) < 4.78 is 16.4. The highest BCUT2D eigenvalue weighted by atomic mass is 16.5. The molecule has 0 aliphatic heterocycles. The lowest BCUT2D eigenvalue weighted by molar-refractivity contribution is -0.142. The van der Waals surface area contributed by atoms with Crippen molar-refractivity contribution in [2.45, 2.75) is 26.3 Å². The molecule has 11 nitrogen and oxygen atoms in total. The maximum Gasteiger partial charge on any atom is 0.331 e. The van der Waals surface area contributed by atoms with Crippen LogP contribution in [0.3, 0.4) is 0 Å².